The lowest BCUT2D eigenvalue weighted by atomic mass is 9.97. The van der Waals surface area contributed by atoms with Gasteiger partial charge in [0.15, 0.2) is 0 Å². The third-order valence-electron chi connectivity index (χ3n) is 4.42. The molecule has 1 aliphatic rings. The second-order valence-electron chi connectivity index (χ2n) is 6.07. The van der Waals surface area contributed by atoms with Gasteiger partial charge in [0.25, 0.3) is 0 Å². The summed E-state index contributed by atoms with van der Waals surface area (Å²) in [6, 6.07) is 6.57. The maximum atomic E-state index is 12.4. The van der Waals surface area contributed by atoms with E-state index in [9.17, 15) is 9.59 Å². The third kappa shape index (κ3) is 4.07. The van der Waals surface area contributed by atoms with Crippen molar-refractivity contribution < 1.29 is 19.4 Å². The second kappa shape index (κ2) is 6.92. The minimum atomic E-state index is -0.972. The quantitative estimate of drug-likeness (QED) is 0.927. The van der Waals surface area contributed by atoms with E-state index in [1.54, 1.807) is 25.3 Å². The molecule has 1 saturated heterocycles. The van der Waals surface area contributed by atoms with Crippen molar-refractivity contribution in [2.24, 2.45) is 0 Å². The number of carboxylic acids is 1. The summed E-state index contributed by atoms with van der Waals surface area (Å²) in [6.07, 6.45) is 2.93. The molecule has 1 atom stereocenters. The predicted octanol–water partition coefficient (Wildman–Crippen LogP) is 2.34. The van der Waals surface area contributed by atoms with Crippen molar-refractivity contribution in [2.75, 3.05) is 20.2 Å². The number of aromatic carboxylic acids is 1. The van der Waals surface area contributed by atoms with Crippen LogP contribution in [0.2, 0.25) is 0 Å². The molecule has 1 amide bonds. The first kappa shape index (κ1) is 16.5. The van der Waals surface area contributed by atoms with Crippen LogP contribution in [0.3, 0.4) is 0 Å². The van der Waals surface area contributed by atoms with E-state index >= 15 is 0 Å². The van der Waals surface area contributed by atoms with Crippen LogP contribution in [0, 0.1) is 0 Å². The van der Waals surface area contributed by atoms with Crippen molar-refractivity contribution >= 4 is 11.9 Å². The van der Waals surface area contributed by atoms with Crippen molar-refractivity contribution in [3.63, 3.8) is 0 Å². The van der Waals surface area contributed by atoms with Gasteiger partial charge in [-0.05, 0) is 43.9 Å². The maximum absolute atomic E-state index is 12.4. The van der Waals surface area contributed by atoms with Crippen LogP contribution in [-0.4, -0.2) is 47.7 Å². The molecule has 1 heterocycles. The number of amides is 1. The Morgan fingerprint density at radius 1 is 1.32 bits per heavy atom. The van der Waals surface area contributed by atoms with Crippen molar-refractivity contribution in [1.29, 1.82) is 0 Å². The Morgan fingerprint density at radius 3 is 2.77 bits per heavy atom. The van der Waals surface area contributed by atoms with E-state index in [0.29, 0.717) is 6.54 Å². The zero-order chi connectivity index (χ0) is 16.2. The zero-order valence-corrected chi connectivity index (χ0v) is 13.2. The molecule has 0 spiro atoms. The smallest absolute Gasteiger partial charge is 0.335 e. The molecule has 0 aliphatic carbocycles. The van der Waals surface area contributed by atoms with E-state index in [1.807, 2.05) is 4.90 Å². The second-order valence-corrected chi connectivity index (χ2v) is 6.07. The summed E-state index contributed by atoms with van der Waals surface area (Å²) in [6.45, 7) is 3.50. The minimum Gasteiger partial charge on any atom is -0.478 e. The first-order valence-electron chi connectivity index (χ1n) is 7.59. The van der Waals surface area contributed by atoms with Crippen LogP contribution in [0.15, 0.2) is 24.3 Å². The molecule has 0 radical (unpaired) electrons. The van der Waals surface area contributed by atoms with Crippen molar-refractivity contribution in [1.82, 2.24) is 4.90 Å². The van der Waals surface area contributed by atoms with Crippen molar-refractivity contribution in [3.8, 4) is 0 Å². The van der Waals surface area contributed by atoms with E-state index in [-0.39, 0.29) is 23.5 Å². The molecule has 5 heteroatoms. The highest BCUT2D eigenvalue weighted by molar-refractivity contribution is 5.88. The lowest BCUT2D eigenvalue weighted by Crippen LogP contribution is -2.35. The van der Waals surface area contributed by atoms with Crippen LogP contribution in [0.25, 0.3) is 0 Å². The molecule has 2 rings (SSSR count). The van der Waals surface area contributed by atoms with Gasteiger partial charge < -0.3 is 14.7 Å². The molecule has 1 fully saturated rings. The van der Waals surface area contributed by atoms with Crippen LogP contribution < -0.4 is 0 Å². The SMILES string of the molecule is COC1(C)CCCN(C(=O)Cc2cccc(C(=O)O)c2)CC1. The number of nitrogens with zero attached hydrogens (tertiary/aromatic N) is 1. The number of carbonyl (C=O) groups is 2. The van der Waals surface area contributed by atoms with E-state index in [1.165, 1.54) is 6.07 Å². The van der Waals surface area contributed by atoms with Gasteiger partial charge in [0.2, 0.25) is 5.91 Å². The highest BCUT2D eigenvalue weighted by atomic mass is 16.5. The van der Waals surface area contributed by atoms with E-state index in [0.717, 1.165) is 31.4 Å². The van der Waals surface area contributed by atoms with Gasteiger partial charge in [0, 0.05) is 20.2 Å². The molecule has 22 heavy (non-hydrogen) atoms. The largest absolute Gasteiger partial charge is 0.478 e. The maximum Gasteiger partial charge on any atom is 0.335 e. The zero-order valence-electron chi connectivity index (χ0n) is 13.2. The number of benzene rings is 1. The van der Waals surface area contributed by atoms with E-state index in [4.69, 9.17) is 9.84 Å². The lowest BCUT2D eigenvalue weighted by molar-refractivity contribution is -0.130. The fourth-order valence-electron chi connectivity index (χ4n) is 2.81. The van der Waals surface area contributed by atoms with Gasteiger partial charge in [0.1, 0.15) is 0 Å². The third-order valence-corrected chi connectivity index (χ3v) is 4.42. The number of hydrogen-bond acceptors (Lipinski definition) is 3. The van der Waals surface area contributed by atoms with Gasteiger partial charge in [-0.25, -0.2) is 4.79 Å². The van der Waals surface area contributed by atoms with Crippen LogP contribution in [0.4, 0.5) is 0 Å². The molecule has 1 N–H and O–H groups in total. The van der Waals surface area contributed by atoms with Crippen LogP contribution in [0.5, 0.6) is 0 Å². The Morgan fingerprint density at radius 2 is 2.09 bits per heavy atom. The lowest BCUT2D eigenvalue weighted by Gasteiger charge is -2.26. The number of carbonyl (C=O) groups excluding carboxylic acids is 1. The average molecular weight is 305 g/mol. The predicted molar refractivity (Wildman–Crippen MR) is 83.0 cm³/mol. The molecule has 1 aliphatic heterocycles. The molecule has 1 aromatic rings. The van der Waals surface area contributed by atoms with E-state index < -0.39 is 5.97 Å². The molecule has 0 saturated carbocycles. The fourth-order valence-corrected chi connectivity index (χ4v) is 2.81. The topological polar surface area (TPSA) is 66.8 Å². The highest BCUT2D eigenvalue weighted by Gasteiger charge is 2.29. The van der Waals surface area contributed by atoms with Gasteiger partial charge in [-0.3, -0.25) is 4.79 Å². The van der Waals surface area contributed by atoms with Crippen molar-refractivity contribution in [2.45, 2.75) is 38.2 Å². The van der Waals surface area contributed by atoms with Crippen molar-refractivity contribution in [3.05, 3.63) is 35.4 Å². The normalized spacial score (nSPS) is 22.2. The molecule has 1 aromatic carbocycles. The summed E-state index contributed by atoms with van der Waals surface area (Å²) in [7, 11) is 1.72. The molecule has 0 bridgehead atoms. The number of hydrogen-bond donors (Lipinski definition) is 1. The Labute approximate surface area is 130 Å². The fraction of sp³-hybridized carbons (Fsp3) is 0.529. The number of carboxylic acid groups (broad SMARTS) is 1. The van der Waals surface area contributed by atoms with Crippen LogP contribution in [0.1, 0.15) is 42.1 Å². The summed E-state index contributed by atoms with van der Waals surface area (Å²) in [5.74, 6) is -0.928. The first-order chi connectivity index (χ1) is 10.4. The number of methoxy groups -OCH3 is 1. The summed E-state index contributed by atoms with van der Waals surface area (Å²) < 4.78 is 5.54. The minimum absolute atomic E-state index is 0.0443. The Hall–Kier alpha value is -1.88. The van der Waals surface area contributed by atoms with Gasteiger partial charge in [-0.15, -0.1) is 0 Å². The molecule has 120 valence electrons. The molecule has 5 nitrogen and oxygen atoms in total. The van der Waals surface area contributed by atoms with Crippen LogP contribution in [-0.2, 0) is 16.0 Å². The monoisotopic (exact) mass is 305 g/mol. The summed E-state index contributed by atoms with van der Waals surface area (Å²) in [4.78, 5) is 25.3. The number of ether oxygens (including phenoxy) is 1. The molecule has 0 aromatic heterocycles. The van der Waals surface area contributed by atoms with Gasteiger partial charge in [0.05, 0.1) is 17.6 Å². The Balaban J connectivity index is 2.00. The first-order valence-corrected chi connectivity index (χ1v) is 7.59. The van der Waals surface area contributed by atoms with Gasteiger partial charge in [-0.1, -0.05) is 12.1 Å². The highest BCUT2D eigenvalue weighted by Crippen LogP contribution is 2.25. The summed E-state index contributed by atoms with van der Waals surface area (Å²) in [5.41, 5.74) is 0.801. The number of rotatable bonds is 4. The molecule has 1 unspecified atom stereocenters. The van der Waals surface area contributed by atoms with Gasteiger partial charge in [-0.2, -0.15) is 0 Å². The molecular formula is C17H23NO4. The summed E-state index contributed by atoms with van der Waals surface area (Å²) >= 11 is 0. The van der Waals surface area contributed by atoms with E-state index in [2.05, 4.69) is 6.92 Å². The number of likely N-dealkylation sites (tertiary alicyclic amines) is 1. The Kier molecular flexibility index (Phi) is 5.19. The Bertz CT molecular complexity index is 557. The summed E-state index contributed by atoms with van der Waals surface area (Å²) in [5, 5.41) is 9.00. The molecular weight excluding hydrogens is 282 g/mol. The van der Waals surface area contributed by atoms with Gasteiger partial charge >= 0.3 is 5.97 Å². The standard InChI is InChI=1S/C17H23NO4/c1-17(22-2)7-4-9-18(10-8-17)15(19)12-13-5-3-6-14(11-13)16(20)21/h3,5-6,11H,4,7-10,12H2,1-2H3,(H,20,21). The van der Waals surface area contributed by atoms with Crippen LogP contribution >= 0.6 is 0 Å². The average Bonchev–Trinajstić information content (AvgIpc) is 2.70.